The standard InChI is InChI=1S/C24H51N.CHF3O3S/c1-4-7-10-13-16-19-22-25(23-20-17-14-11-8-5-2)24-21-18-15-12-9-6-3;2-1(3,4)8(5,6)7/h4-24H2,1-3H3;(H,5,6,7). The van der Waals surface area contributed by atoms with Crippen molar-refractivity contribution in [3.8, 4) is 0 Å². The lowest BCUT2D eigenvalue weighted by Crippen LogP contribution is -3.12. The Morgan fingerprint density at radius 3 is 0.970 bits per heavy atom. The number of alkyl halides is 3. The lowest BCUT2D eigenvalue weighted by molar-refractivity contribution is -0.900. The molecule has 0 spiro atoms. The van der Waals surface area contributed by atoms with Gasteiger partial charge in [0.25, 0.3) is 0 Å². The predicted molar refractivity (Wildman–Crippen MR) is 131 cm³/mol. The van der Waals surface area contributed by atoms with Crippen molar-refractivity contribution in [1.82, 2.24) is 0 Å². The summed E-state index contributed by atoms with van der Waals surface area (Å²) < 4.78 is 58.9. The van der Waals surface area contributed by atoms with E-state index in [0.717, 1.165) is 0 Å². The fourth-order valence-electron chi connectivity index (χ4n) is 3.84. The highest BCUT2D eigenvalue weighted by Gasteiger charge is 2.36. The molecule has 0 unspecified atom stereocenters. The number of unbranched alkanes of at least 4 members (excludes halogenated alkanes) is 15. The van der Waals surface area contributed by atoms with Gasteiger partial charge in [0.2, 0.25) is 0 Å². The van der Waals surface area contributed by atoms with E-state index in [0.29, 0.717) is 0 Å². The molecular weight excluding hydrogens is 451 g/mol. The minimum absolute atomic E-state index is 1.37. The van der Waals surface area contributed by atoms with Crippen LogP contribution >= 0.6 is 0 Å². The van der Waals surface area contributed by atoms with Gasteiger partial charge in [-0.1, -0.05) is 97.8 Å². The summed E-state index contributed by atoms with van der Waals surface area (Å²) in [4.78, 5) is 1.92. The normalized spacial score (nSPS) is 12.1. The summed E-state index contributed by atoms with van der Waals surface area (Å²) in [5, 5.41) is 0. The maximum Gasteiger partial charge on any atom is 0.485 e. The lowest BCUT2D eigenvalue weighted by Gasteiger charge is -2.20. The molecule has 4 nitrogen and oxygen atoms in total. The Morgan fingerprint density at radius 1 is 0.545 bits per heavy atom. The first-order chi connectivity index (χ1) is 15.6. The van der Waals surface area contributed by atoms with Gasteiger partial charge in [0.05, 0.1) is 19.6 Å². The van der Waals surface area contributed by atoms with Crippen molar-refractivity contribution in [2.24, 2.45) is 0 Å². The van der Waals surface area contributed by atoms with Gasteiger partial charge in [-0.3, -0.25) is 0 Å². The predicted octanol–water partition coefficient (Wildman–Crippen LogP) is 7.00. The van der Waals surface area contributed by atoms with Crippen molar-refractivity contribution in [2.45, 2.75) is 142 Å². The monoisotopic (exact) mass is 503 g/mol. The smallest absolute Gasteiger partial charge is 0.485 e. The number of quaternary nitrogens is 1. The van der Waals surface area contributed by atoms with E-state index in [9.17, 15) is 13.2 Å². The SMILES string of the molecule is CCCCCCCC[NH+](CCCCCCCC)CCCCCCCC.O=S(=O)([O-])C(F)(F)F. The summed E-state index contributed by atoms with van der Waals surface area (Å²) in [6.45, 7) is 11.3. The van der Waals surface area contributed by atoms with Crippen LogP contribution in [0, 0.1) is 0 Å². The molecule has 0 saturated carbocycles. The summed E-state index contributed by atoms with van der Waals surface area (Å²) in [6, 6.07) is 0. The molecule has 0 aliphatic carbocycles. The second-order valence-electron chi connectivity index (χ2n) is 9.20. The number of hydrogen-bond donors (Lipinski definition) is 1. The maximum absolute atomic E-state index is 10.7. The molecule has 0 aromatic heterocycles. The first-order valence-electron chi connectivity index (χ1n) is 13.5. The third-order valence-electron chi connectivity index (χ3n) is 5.94. The summed E-state index contributed by atoms with van der Waals surface area (Å²) in [7, 11) is -6.09. The van der Waals surface area contributed by atoms with Gasteiger partial charge in [0.1, 0.15) is 0 Å². The average molecular weight is 504 g/mol. The average Bonchev–Trinajstić information content (AvgIpc) is 2.74. The molecule has 0 atom stereocenters. The molecule has 0 saturated heterocycles. The van der Waals surface area contributed by atoms with Crippen LogP contribution < -0.4 is 4.90 Å². The van der Waals surface area contributed by atoms with Crippen LogP contribution in [0.4, 0.5) is 13.2 Å². The molecule has 0 aliphatic heterocycles. The Balaban J connectivity index is 0. The molecule has 0 aliphatic rings. The Kier molecular flexibility index (Phi) is 24.7. The zero-order chi connectivity index (χ0) is 25.4. The zero-order valence-electron chi connectivity index (χ0n) is 21.6. The van der Waals surface area contributed by atoms with E-state index in [1.165, 1.54) is 135 Å². The fourth-order valence-corrected chi connectivity index (χ4v) is 3.84. The second kappa shape index (κ2) is 23.4. The molecule has 0 bridgehead atoms. The van der Waals surface area contributed by atoms with Gasteiger partial charge < -0.3 is 9.45 Å². The van der Waals surface area contributed by atoms with Crippen LogP contribution in [0.25, 0.3) is 0 Å². The van der Waals surface area contributed by atoms with Gasteiger partial charge in [-0.25, -0.2) is 8.42 Å². The summed E-state index contributed by atoms with van der Waals surface area (Å²) in [6.07, 6.45) is 26.0. The van der Waals surface area contributed by atoms with Gasteiger partial charge in [-0.2, -0.15) is 13.2 Å². The molecule has 0 fully saturated rings. The quantitative estimate of drug-likeness (QED) is 0.104. The van der Waals surface area contributed by atoms with Crippen molar-refractivity contribution in [1.29, 1.82) is 0 Å². The summed E-state index contributed by atoms with van der Waals surface area (Å²) >= 11 is 0. The van der Waals surface area contributed by atoms with Crippen molar-refractivity contribution < 1.29 is 31.0 Å². The van der Waals surface area contributed by atoms with E-state index in [2.05, 4.69) is 20.8 Å². The first-order valence-corrected chi connectivity index (χ1v) is 14.9. The summed E-state index contributed by atoms with van der Waals surface area (Å²) in [5.41, 5.74) is -5.65. The van der Waals surface area contributed by atoms with Crippen LogP contribution in [-0.4, -0.2) is 38.1 Å². The van der Waals surface area contributed by atoms with E-state index >= 15 is 0 Å². The Hall–Kier alpha value is -0.340. The van der Waals surface area contributed by atoms with Gasteiger partial charge in [-0.05, 0) is 38.5 Å². The van der Waals surface area contributed by atoms with E-state index in [1.54, 1.807) is 0 Å². The first kappa shape index (κ1) is 34.8. The van der Waals surface area contributed by atoms with Crippen molar-refractivity contribution in [3.63, 3.8) is 0 Å². The highest BCUT2D eigenvalue weighted by Crippen LogP contribution is 2.20. The molecule has 0 radical (unpaired) electrons. The number of rotatable bonds is 21. The molecule has 33 heavy (non-hydrogen) atoms. The second-order valence-corrected chi connectivity index (χ2v) is 10.6. The largest absolute Gasteiger partial charge is 0.741 e. The molecule has 8 heteroatoms. The number of nitrogens with one attached hydrogen (secondary N) is 1. The van der Waals surface area contributed by atoms with Crippen LogP contribution in [0.1, 0.15) is 136 Å². The van der Waals surface area contributed by atoms with Crippen molar-refractivity contribution in [2.75, 3.05) is 19.6 Å². The van der Waals surface area contributed by atoms with Gasteiger partial charge in [0, 0.05) is 0 Å². The third-order valence-corrected chi connectivity index (χ3v) is 6.50. The molecule has 0 aromatic carbocycles. The van der Waals surface area contributed by atoms with E-state index < -0.39 is 15.6 Å². The van der Waals surface area contributed by atoms with Crippen molar-refractivity contribution in [3.05, 3.63) is 0 Å². The lowest BCUT2D eigenvalue weighted by atomic mass is 10.1. The van der Waals surface area contributed by atoms with Crippen molar-refractivity contribution >= 4 is 10.1 Å². The molecule has 1 N–H and O–H groups in total. The molecule has 0 amide bonds. The minimum atomic E-state index is -6.09. The van der Waals surface area contributed by atoms with E-state index in [-0.39, 0.29) is 0 Å². The Morgan fingerprint density at radius 2 is 0.758 bits per heavy atom. The molecular formula is C25H52F3NO3S. The van der Waals surface area contributed by atoms with Crippen LogP contribution in [0.3, 0.4) is 0 Å². The Bertz CT molecular complexity index is 462. The molecule has 0 rings (SSSR count). The third kappa shape index (κ3) is 26.1. The van der Waals surface area contributed by atoms with Crippen LogP contribution in [0.15, 0.2) is 0 Å². The van der Waals surface area contributed by atoms with Gasteiger partial charge >= 0.3 is 5.51 Å². The van der Waals surface area contributed by atoms with E-state index in [4.69, 9.17) is 13.0 Å². The number of halogens is 3. The topological polar surface area (TPSA) is 61.6 Å². The van der Waals surface area contributed by atoms with Crippen LogP contribution in [0.2, 0.25) is 0 Å². The maximum atomic E-state index is 10.7. The van der Waals surface area contributed by atoms with Gasteiger partial charge in [-0.15, -0.1) is 0 Å². The molecule has 0 aromatic rings. The zero-order valence-corrected chi connectivity index (χ0v) is 22.4. The van der Waals surface area contributed by atoms with Gasteiger partial charge in [0.15, 0.2) is 10.1 Å². The molecule has 0 heterocycles. The highest BCUT2D eigenvalue weighted by molar-refractivity contribution is 7.86. The Labute approximate surface area is 202 Å². The number of hydrogen-bond acceptors (Lipinski definition) is 3. The molecule has 202 valence electrons. The van der Waals surface area contributed by atoms with Crippen LogP contribution in [-0.2, 0) is 10.1 Å². The minimum Gasteiger partial charge on any atom is -0.741 e. The highest BCUT2D eigenvalue weighted by atomic mass is 32.2. The summed E-state index contributed by atoms with van der Waals surface area (Å²) in [5.74, 6) is 0. The fraction of sp³-hybridized carbons (Fsp3) is 1.00. The van der Waals surface area contributed by atoms with Crippen LogP contribution in [0.5, 0.6) is 0 Å². The van der Waals surface area contributed by atoms with E-state index in [1.807, 2.05) is 4.90 Å².